The Morgan fingerprint density at radius 3 is 2.59 bits per heavy atom. The molecule has 0 radical (unpaired) electrons. The zero-order valence-electron chi connectivity index (χ0n) is 9.43. The maximum absolute atomic E-state index is 11.4. The summed E-state index contributed by atoms with van der Waals surface area (Å²) in [5.41, 5.74) is 2.95. The van der Waals surface area contributed by atoms with E-state index in [0.29, 0.717) is 24.5 Å². The first-order chi connectivity index (χ1) is 8.22. The van der Waals surface area contributed by atoms with Crippen LogP contribution in [0.4, 0.5) is 0 Å². The number of carbonyl (C=O) groups excluding carboxylic acids is 1. The average molecular weight is 259 g/mol. The van der Waals surface area contributed by atoms with E-state index in [9.17, 15) is 4.79 Å². The van der Waals surface area contributed by atoms with E-state index in [1.54, 1.807) is 0 Å². The lowest BCUT2D eigenvalue weighted by molar-refractivity contribution is 0.0955. The molecule has 1 heterocycles. The number of rotatable bonds is 7. The van der Waals surface area contributed by atoms with Crippen LogP contribution in [0, 0.1) is 0 Å². The quantitative estimate of drug-likeness (QED) is 0.290. The number of thiophene rings is 1. The third kappa shape index (κ3) is 4.06. The molecule has 7 heteroatoms. The molecular weight excluding hydrogens is 242 g/mol. The van der Waals surface area contributed by atoms with E-state index in [0.717, 1.165) is 5.56 Å². The largest absolute Gasteiger partial charge is 0.395 e. The van der Waals surface area contributed by atoms with E-state index >= 15 is 0 Å². The van der Waals surface area contributed by atoms with Crippen LogP contribution in [-0.2, 0) is 6.54 Å². The second kappa shape index (κ2) is 7.36. The van der Waals surface area contributed by atoms with Gasteiger partial charge in [-0.25, -0.2) is 5.84 Å². The Bertz CT molecular complexity index is 350. The normalized spacial score (nSPS) is 10.8. The van der Waals surface area contributed by atoms with Crippen LogP contribution in [0.2, 0.25) is 0 Å². The number of carbonyl (C=O) groups is 1. The number of nitrogens with two attached hydrogens (primary N) is 1. The number of hydrogen-bond donors (Lipinski definition) is 4. The van der Waals surface area contributed by atoms with Crippen molar-refractivity contribution in [3.05, 3.63) is 21.9 Å². The fourth-order valence-electron chi connectivity index (χ4n) is 1.52. The maximum Gasteiger partial charge on any atom is 0.275 e. The molecule has 5 N–H and O–H groups in total. The van der Waals surface area contributed by atoms with E-state index in [1.165, 1.54) is 11.3 Å². The lowest BCUT2D eigenvalue weighted by atomic mass is 10.2. The van der Waals surface area contributed by atoms with Crippen molar-refractivity contribution < 1.29 is 15.0 Å². The van der Waals surface area contributed by atoms with E-state index in [2.05, 4.69) is 5.43 Å². The first-order valence-electron chi connectivity index (χ1n) is 5.24. The zero-order chi connectivity index (χ0) is 12.7. The number of nitrogen functional groups attached to an aromatic ring is 1. The summed E-state index contributed by atoms with van der Waals surface area (Å²) >= 11 is 1.32. The minimum atomic E-state index is -0.317. The lowest BCUT2D eigenvalue weighted by Gasteiger charge is -2.20. The van der Waals surface area contributed by atoms with Gasteiger partial charge in [-0.05, 0) is 17.0 Å². The van der Waals surface area contributed by atoms with Crippen LogP contribution in [0.5, 0.6) is 0 Å². The average Bonchev–Trinajstić information content (AvgIpc) is 2.77. The zero-order valence-corrected chi connectivity index (χ0v) is 10.2. The molecule has 0 aliphatic carbocycles. The molecular formula is C10H17N3O3S. The summed E-state index contributed by atoms with van der Waals surface area (Å²) in [6.45, 7) is 1.46. The maximum atomic E-state index is 11.4. The summed E-state index contributed by atoms with van der Waals surface area (Å²) < 4.78 is 0. The number of nitrogens with one attached hydrogen (secondary N) is 1. The molecule has 1 rings (SSSR count). The highest BCUT2D eigenvalue weighted by Crippen LogP contribution is 2.18. The summed E-state index contributed by atoms with van der Waals surface area (Å²) in [5.74, 6) is 4.78. The molecule has 0 saturated heterocycles. The van der Waals surface area contributed by atoms with Crippen molar-refractivity contribution >= 4 is 17.2 Å². The molecule has 0 spiro atoms. The van der Waals surface area contributed by atoms with Crippen molar-refractivity contribution in [2.24, 2.45) is 5.84 Å². The van der Waals surface area contributed by atoms with Gasteiger partial charge in [0.05, 0.1) is 18.1 Å². The highest BCUT2D eigenvalue weighted by atomic mass is 32.1. The highest BCUT2D eigenvalue weighted by molar-refractivity contribution is 7.12. The van der Waals surface area contributed by atoms with Crippen molar-refractivity contribution in [3.8, 4) is 0 Å². The van der Waals surface area contributed by atoms with Crippen LogP contribution in [0.15, 0.2) is 11.4 Å². The first kappa shape index (κ1) is 14.1. The van der Waals surface area contributed by atoms with E-state index < -0.39 is 0 Å². The number of aliphatic hydroxyl groups excluding tert-OH is 2. The lowest BCUT2D eigenvalue weighted by Crippen LogP contribution is -2.32. The molecule has 0 unspecified atom stereocenters. The second-order valence-electron chi connectivity index (χ2n) is 3.47. The summed E-state index contributed by atoms with van der Waals surface area (Å²) in [4.78, 5) is 13.9. The molecule has 6 nitrogen and oxygen atoms in total. The van der Waals surface area contributed by atoms with Gasteiger partial charge in [0.2, 0.25) is 0 Å². The highest BCUT2D eigenvalue weighted by Gasteiger charge is 2.14. The van der Waals surface area contributed by atoms with Gasteiger partial charge < -0.3 is 10.2 Å². The van der Waals surface area contributed by atoms with Gasteiger partial charge in [0.1, 0.15) is 0 Å². The molecule has 1 aromatic heterocycles. The van der Waals surface area contributed by atoms with Gasteiger partial charge >= 0.3 is 0 Å². The molecule has 0 bridgehead atoms. The molecule has 1 amide bonds. The predicted octanol–water partition coefficient (Wildman–Crippen LogP) is -0.862. The summed E-state index contributed by atoms with van der Waals surface area (Å²) in [5, 5.41) is 19.6. The number of aliphatic hydroxyl groups is 2. The minimum Gasteiger partial charge on any atom is -0.395 e. The van der Waals surface area contributed by atoms with E-state index in [-0.39, 0.29) is 19.1 Å². The Balaban J connectivity index is 2.71. The van der Waals surface area contributed by atoms with Crippen molar-refractivity contribution in [2.75, 3.05) is 26.3 Å². The monoisotopic (exact) mass is 259 g/mol. The number of nitrogens with zero attached hydrogens (tertiary/aromatic N) is 1. The molecule has 0 aliphatic rings. The smallest absolute Gasteiger partial charge is 0.275 e. The molecule has 0 saturated carbocycles. The van der Waals surface area contributed by atoms with Crippen LogP contribution < -0.4 is 11.3 Å². The number of amides is 1. The molecule has 0 fully saturated rings. The van der Waals surface area contributed by atoms with Gasteiger partial charge in [-0.15, -0.1) is 11.3 Å². The van der Waals surface area contributed by atoms with Crippen molar-refractivity contribution in [1.82, 2.24) is 10.3 Å². The van der Waals surface area contributed by atoms with E-state index in [1.807, 2.05) is 16.3 Å². The Hall–Kier alpha value is -0.990. The number of hydrogen-bond acceptors (Lipinski definition) is 6. The van der Waals surface area contributed by atoms with Crippen molar-refractivity contribution in [2.45, 2.75) is 6.54 Å². The third-order valence-electron chi connectivity index (χ3n) is 2.31. The summed E-state index contributed by atoms with van der Waals surface area (Å²) in [6, 6.07) is 1.84. The Kier molecular flexibility index (Phi) is 6.09. The Morgan fingerprint density at radius 1 is 1.41 bits per heavy atom. The molecule has 0 aromatic carbocycles. The van der Waals surface area contributed by atoms with Gasteiger partial charge in [-0.1, -0.05) is 0 Å². The molecule has 1 aromatic rings. The summed E-state index contributed by atoms with van der Waals surface area (Å²) in [7, 11) is 0. The third-order valence-corrected chi connectivity index (χ3v) is 3.27. The van der Waals surface area contributed by atoms with Crippen molar-refractivity contribution in [1.29, 1.82) is 0 Å². The Morgan fingerprint density at radius 2 is 2.06 bits per heavy atom. The van der Waals surface area contributed by atoms with Crippen LogP contribution in [0.1, 0.15) is 15.2 Å². The molecule has 17 heavy (non-hydrogen) atoms. The van der Waals surface area contributed by atoms with Gasteiger partial charge in [0, 0.05) is 19.6 Å². The number of hydrazine groups is 1. The first-order valence-corrected chi connectivity index (χ1v) is 6.12. The van der Waals surface area contributed by atoms with Crippen LogP contribution in [-0.4, -0.2) is 47.3 Å². The van der Waals surface area contributed by atoms with Gasteiger partial charge in [-0.3, -0.25) is 15.1 Å². The summed E-state index contributed by atoms with van der Waals surface area (Å²) in [6.07, 6.45) is 0. The van der Waals surface area contributed by atoms with E-state index in [4.69, 9.17) is 16.1 Å². The molecule has 0 aliphatic heterocycles. The van der Waals surface area contributed by atoms with Gasteiger partial charge in [0.15, 0.2) is 0 Å². The predicted molar refractivity (Wildman–Crippen MR) is 65.4 cm³/mol. The van der Waals surface area contributed by atoms with Gasteiger partial charge in [0.25, 0.3) is 5.91 Å². The minimum absolute atomic E-state index is 0.0164. The molecule has 0 atom stereocenters. The van der Waals surface area contributed by atoms with Crippen LogP contribution >= 0.6 is 11.3 Å². The Labute approximate surface area is 104 Å². The fourth-order valence-corrected chi connectivity index (χ4v) is 2.34. The van der Waals surface area contributed by atoms with Crippen molar-refractivity contribution in [3.63, 3.8) is 0 Å². The fraction of sp³-hybridized carbons (Fsp3) is 0.500. The van der Waals surface area contributed by atoms with Gasteiger partial charge in [-0.2, -0.15) is 0 Å². The standard InChI is InChI=1S/C10H17N3O3S/c11-12-10(16)9-8(1-6-17-9)7-13(2-4-14)3-5-15/h1,6,14-15H,2-5,7,11H2,(H,12,16). The topological polar surface area (TPSA) is 98.8 Å². The van der Waals surface area contributed by atoms with Crippen LogP contribution in [0.25, 0.3) is 0 Å². The SMILES string of the molecule is NNC(=O)c1sccc1CN(CCO)CCO. The second-order valence-corrected chi connectivity index (χ2v) is 4.39. The molecule has 96 valence electrons. The van der Waals surface area contributed by atoms with Crippen LogP contribution in [0.3, 0.4) is 0 Å².